The van der Waals surface area contributed by atoms with E-state index in [1.807, 2.05) is 24.3 Å². The van der Waals surface area contributed by atoms with E-state index in [0.29, 0.717) is 17.9 Å². The topological polar surface area (TPSA) is 77.4 Å². The average molecular weight is 249 g/mol. The summed E-state index contributed by atoms with van der Waals surface area (Å²) in [5, 5.41) is 13.2. The Morgan fingerprint density at radius 1 is 1.32 bits per heavy atom. The molecule has 0 saturated carbocycles. The third-order valence-corrected chi connectivity index (χ3v) is 2.85. The van der Waals surface area contributed by atoms with Crippen LogP contribution in [0, 0.1) is 11.3 Å². The summed E-state index contributed by atoms with van der Waals surface area (Å²) in [7, 11) is 0. The third kappa shape index (κ3) is 2.24. The number of pyridine rings is 1. The van der Waals surface area contributed by atoms with Crippen LogP contribution in [0.1, 0.15) is 11.3 Å². The lowest BCUT2D eigenvalue weighted by atomic mass is 10.1. The first-order chi connectivity index (χ1) is 9.36. The lowest BCUT2D eigenvalue weighted by Crippen LogP contribution is -2.02. The first-order valence-corrected chi connectivity index (χ1v) is 5.88. The number of rotatable bonds is 3. The van der Waals surface area contributed by atoms with E-state index in [-0.39, 0.29) is 0 Å². The van der Waals surface area contributed by atoms with Gasteiger partial charge in [0.25, 0.3) is 0 Å². The van der Waals surface area contributed by atoms with Gasteiger partial charge in [-0.25, -0.2) is 9.97 Å². The van der Waals surface area contributed by atoms with E-state index in [4.69, 9.17) is 0 Å². The van der Waals surface area contributed by atoms with Crippen LogP contribution in [0.15, 0.2) is 42.9 Å². The van der Waals surface area contributed by atoms with Crippen LogP contribution in [-0.2, 0) is 6.54 Å². The van der Waals surface area contributed by atoms with Crippen molar-refractivity contribution in [3.05, 3.63) is 54.1 Å². The Hall–Kier alpha value is -2.87. The summed E-state index contributed by atoms with van der Waals surface area (Å²) in [6.45, 7) is 0.593. The number of hydrogen-bond donors (Lipinski definition) is 2. The van der Waals surface area contributed by atoms with Crippen LogP contribution in [0.3, 0.4) is 0 Å². The van der Waals surface area contributed by atoms with Gasteiger partial charge in [0.15, 0.2) is 0 Å². The number of aromatic amines is 1. The highest BCUT2D eigenvalue weighted by molar-refractivity contribution is 5.86. The minimum absolute atomic E-state index is 0.593. The molecule has 0 fully saturated rings. The lowest BCUT2D eigenvalue weighted by Gasteiger charge is -2.06. The highest BCUT2D eigenvalue weighted by Crippen LogP contribution is 2.20. The number of nitrogens with one attached hydrogen (secondary N) is 2. The average Bonchev–Trinajstić information content (AvgIpc) is 2.97. The quantitative estimate of drug-likeness (QED) is 0.747. The Bertz CT molecular complexity index is 740. The number of H-pyrrole nitrogens is 1. The van der Waals surface area contributed by atoms with Crippen molar-refractivity contribution in [1.82, 2.24) is 15.0 Å². The minimum atomic E-state index is 0.593. The number of imidazole rings is 1. The molecule has 19 heavy (non-hydrogen) atoms. The molecule has 0 aliphatic carbocycles. The fourth-order valence-electron chi connectivity index (χ4n) is 1.93. The maximum Gasteiger partial charge on any atom is 0.128 e. The smallest absolute Gasteiger partial charge is 0.128 e. The van der Waals surface area contributed by atoms with Gasteiger partial charge in [-0.1, -0.05) is 18.2 Å². The van der Waals surface area contributed by atoms with Gasteiger partial charge in [0.2, 0.25) is 0 Å². The number of fused-ring (bicyclic) bond motifs is 1. The molecule has 0 amide bonds. The van der Waals surface area contributed by atoms with Crippen LogP contribution in [0.4, 0.5) is 5.82 Å². The first kappa shape index (κ1) is 11.2. The zero-order valence-electron chi connectivity index (χ0n) is 10.1. The molecule has 0 spiro atoms. The summed E-state index contributed by atoms with van der Waals surface area (Å²) in [5.41, 5.74) is 2.40. The predicted octanol–water partition coefficient (Wildman–Crippen LogP) is 2.44. The molecule has 0 aliphatic heterocycles. The van der Waals surface area contributed by atoms with Gasteiger partial charge in [0.05, 0.1) is 35.7 Å². The minimum Gasteiger partial charge on any atom is -0.364 e. The van der Waals surface area contributed by atoms with Gasteiger partial charge in [-0.15, -0.1) is 0 Å². The fraction of sp³-hybridized carbons (Fsp3) is 0.0714. The van der Waals surface area contributed by atoms with Crippen molar-refractivity contribution in [2.75, 3.05) is 5.32 Å². The number of hydrogen-bond acceptors (Lipinski definition) is 4. The number of anilines is 1. The number of aromatic nitrogens is 3. The molecule has 2 aromatic heterocycles. The molecule has 5 nitrogen and oxygen atoms in total. The Labute approximate surface area is 109 Å². The molecular weight excluding hydrogens is 238 g/mol. The highest BCUT2D eigenvalue weighted by atomic mass is 15.0. The third-order valence-electron chi connectivity index (χ3n) is 2.85. The maximum atomic E-state index is 9.19. The SMILES string of the molecule is N#Cc1cc(NCc2cnc[nH]2)nc2ccccc12. The number of benzene rings is 1. The molecule has 2 N–H and O–H groups in total. The van der Waals surface area contributed by atoms with Crippen LogP contribution in [0.5, 0.6) is 0 Å². The van der Waals surface area contributed by atoms with Crippen LogP contribution < -0.4 is 5.32 Å². The van der Waals surface area contributed by atoms with Gasteiger partial charge in [-0.3, -0.25) is 0 Å². The van der Waals surface area contributed by atoms with Gasteiger partial charge in [0.1, 0.15) is 5.82 Å². The summed E-state index contributed by atoms with van der Waals surface area (Å²) >= 11 is 0. The van der Waals surface area contributed by atoms with Crippen molar-refractivity contribution in [2.24, 2.45) is 0 Å². The van der Waals surface area contributed by atoms with Gasteiger partial charge < -0.3 is 10.3 Å². The predicted molar refractivity (Wildman–Crippen MR) is 72.4 cm³/mol. The standard InChI is InChI=1S/C14H11N5/c15-6-10-5-14(17-8-11-7-16-9-18-11)19-13-4-2-1-3-12(10)13/h1-5,7,9H,8H2,(H,16,18)(H,17,19). The van der Waals surface area contributed by atoms with Crippen molar-refractivity contribution < 1.29 is 0 Å². The number of nitrogens with zero attached hydrogens (tertiary/aromatic N) is 3. The highest BCUT2D eigenvalue weighted by Gasteiger charge is 2.05. The van der Waals surface area contributed by atoms with Gasteiger partial charge >= 0.3 is 0 Å². The summed E-state index contributed by atoms with van der Waals surface area (Å²) < 4.78 is 0. The molecule has 0 aliphatic rings. The number of nitriles is 1. The van der Waals surface area contributed by atoms with Crippen LogP contribution >= 0.6 is 0 Å². The van der Waals surface area contributed by atoms with Crippen molar-refractivity contribution in [3.8, 4) is 6.07 Å². The Balaban J connectivity index is 1.94. The Morgan fingerprint density at radius 3 is 3.00 bits per heavy atom. The summed E-state index contributed by atoms with van der Waals surface area (Å²) in [5.74, 6) is 0.685. The number of para-hydroxylation sites is 1. The van der Waals surface area contributed by atoms with Gasteiger partial charge in [-0.05, 0) is 12.1 Å². The molecule has 3 aromatic rings. The van der Waals surface area contributed by atoms with Crippen molar-refractivity contribution in [1.29, 1.82) is 5.26 Å². The fourth-order valence-corrected chi connectivity index (χ4v) is 1.93. The Kier molecular flexibility index (Phi) is 2.83. The maximum absolute atomic E-state index is 9.19. The van der Waals surface area contributed by atoms with Gasteiger partial charge in [-0.2, -0.15) is 5.26 Å². The molecular formula is C14H11N5. The largest absolute Gasteiger partial charge is 0.364 e. The summed E-state index contributed by atoms with van der Waals surface area (Å²) in [4.78, 5) is 11.4. The second kappa shape index (κ2) is 4.78. The second-order valence-corrected chi connectivity index (χ2v) is 4.11. The molecule has 0 unspecified atom stereocenters. The zero-order chi connectivity index (χ0) is 13.1. The van der Waals surface area contributed by atoms with Gasteiger partial charge in [0, 0.05) is 11.6 Å². The molecule has 92 valence electrons. The summed E-state index contributed by atoms with van der Waals surface area (Å²) in [6.07, 6.45) is 3.38. The van der Waals surface area contributed by atoms with E-state index in [9.17, 15) is 5.26 Å². The molecule has 2 heterocycles. The van der Waals surface area contributed by atoms with E-state index in [1.54, 1.807) is 18.6 Å². The normalized spacial score (nSPS) is 10.3. The van der Waals surface area contributed by atoms with E-state index in [0.717, 1.165) is 16.6 Å². The molecule has 5 heteroatoms. The lowest BCUT2D eigenvalue weighted by molar-refractivity contribution is 1.06. The molecule has 0 atom stereocenters. The molecule has 1 aromatic carbocycles. The zero-order valence-corrected chi connectivity index (χ0v) is 10.1. The van der Waals surface area contributed by atoms with Crippen LogP contribution in [-0.4, -0.2) is 15.0 Å². The monoisotopic (exact) mass is 249 g/mol. The molecule has 0 bridgehead atoms. The second-order valence-electron chi connectivity index (χ2n) is 4.11. The van der Waals surface area contributed by atoms with E-state index >= 15 is 0 Å². The van der Waals surface area contributed by atoms with E-state index in [1.165, 1.54) is 0 Å². The van der Waals surface area contributed by atoms with Crippen molar-refractivity contribution in [3.63, 3.8) is 0 Å². The molecule has 0 radical (unpaired) electrons. The van der Waals surface area contributed by atoms with Crippen molar-refractivity contribution in [2.45, 2.75) is 6.54 Å². The van der Waals surface area contributed by atoms with Crippen LogP contribution in [0.25, 0.3) is 10.9 Å². The first-order valence-electron chi connectivity index (χ1n) is 5.88. The van der Waals surface area contributed by atoms with Crippen LogP contribution in [0.2, 0.25) is 0 Å². The summed E-state index contributed by atoms with van der Waals surface area (Å²) in [6, 6.07) is 11.6. The molecule has 3 rings (SSSR count). The van der Waals surface area contributed by atoms with Crippen molar-refractivity contribution >= 4 is 16.7 Å². The van der Waals surface area contributed by atoms with E-state index < -0.39 is 0 Å². The van der Waals surface area contributed by atoms with E-state index in [2.05, 4.69) is 26.3 Å². The molecule has 0 saturated heterocycles. The Morgan fingerprint density at radius 2 is 2.21 bits per heavy atom.